The Labute approximate surface area is 303 Å². The molecule has 2 aliphatic heterocycles. The van der Waals surface area contributed by atoms with E-state index < -0.39 is 5.85 Å². The standard InChI is InChI=1S/C38H47Cl2N3O7/c1-3-47-27-15-19-43(20-16-27)38(42-17-7-8-18-42,50-28-13-11-25(12-14-28)37(46)48-4-2)35(44)22-26-21-32(40)33(23-31(26)39)41-36(45)30-24-49-34-10-6-5-9-29(30)34/h5-6,9-10,21,23-25,27-28H,3-4,7-8,11-20,22H2,1-2H3,(H,41,45). The number of ketones is 1. The summed E-state index contributed by atoms with van der Waals surface area (Å²) in [7, 11) is 0. The maximum atomic E-state index is 15.0. The third kappa shape index (κ3) is 7.91. The number of hydrogen-bond acceptors (Lipinski definition) is 9. The first-order valence-electron chi connectivity index (χ1n) is 18.0. The topological polar surface area (TPSA) is 111 Å². The van der Waals surface area contributed by atoms with Gasteiger partial charge in [-0.2, -0.15) is 0 Å². The Morgan fingerprint density at radius 2 is 1.58 bits per heavy atom. The van der Waals surface area contributed by atoms with E-state index in [4.69, 9.17) is 41.8 Å². The zero-order valence-electron chi connectivity index (χ0n) is 28.9. The highest BCUT2D eigenvalue weighted by atomic mass is 35.5. The fourth-order valence-corrected chi connectivity index (χ4v) is 8.17. The fourth-order valence-electron chi connectivity index (χ4n) is 7.71. The molecule has 2 saturated heterocycles. The Morgan fingerprint density at radius 3 is 2.28 bits per heavy atom. The summed E-state index contributed by atoms with van der Waals surface area (Å²) in [5.41, 5.74) is 1.87. The van der Waals surface area contributed by atoms with Crippen LogP contribution in [0.4, 0.5) is 5.69 Å². The molecule has 0 bridgehead atoms. The van der Waals surface area contributed by atoms with Gasteiger partial charge in [0.05, 0.1) is 41.0 Å². The van der Waals surface area contributed by atoms with Crippen molar-refractivity contribution in [1.82, 2.24) is 9.80 Å². The number of rotatable bonds is 13. The SMILES string of the molecule is CCOC(=O)C1CCC(OC(C(=O)Cc2cc(Cl)c(NC(=O)c3coc4ccccc34)cc2Cl)(N2CCCC2)N2CCC(OCC)CC2)CC1. The second-order valence-electron chi connectivity index (χ2n) is 13.4. The Balaban J connectivity index is 1.25. The molecule has 6 rings (SSSR count). The van der Waals surface area contributed by atoms with Crippen LogP contribution in [0.2, 0.25) is 10.0 Å². The molecule has 1 aliphatic carbocycles. The van der Waals surface area contributed by atoms with Crippen LogP contribution in [0, 0.1) is 5.92 Å². The third-order valence-electron chi connectivity index (χ3n) is 10.3. The molecule has 0 radical (unpaired) electrons. The number of hydrogen-bond donors (Lipinski definition) is 1. The maximum Gasteiger partial charge on any atom is 0.308 e. The number of carbonyl (C=O) groups excluding carboxylic acids is 3. The average Bonchev–Trinajstić information content (AvgIpc) is 3.82. The average molecular weight is 729 g/mol. The first-order chi connectivity index (χ1) is 24.2. The summed E-state index contributed by atoms with van der Waals surface area (Å²) in [6.45, 7) is 7.60. The molecule has 50 heavy (non-hydrogen) atoms. The number of ether oxygens (including phenoxy) is 3. The predicted molar refractivity (Wildman–Crippen MR) is 193 cm³/mol. The van der Waals surface area contributed by atoms with Crippen LogP contribution in [0.3, 0.4) is 0 Å². The second-order valence-corrected chi connectivity index (χ2v) is 14.2. The first kappa shape index (κ1) is 36.8. The number of benzene rings is 2. The van der Waals surface area contributed by atoms with Crippen LogP contribution in [0.5, 0.6) is 0 Å². The number of para-hydroxylation sites is 1. The van der Waals surface area contributed by atoms with Gasteiger partial charge in [-0.3, -0.25) is 24.2 Å². The molecule has 0 spiro atoms. The van der Waals surface area contributed by atoms with Gasteiger partial charge in [-0.25, -0.2) is 0 Å². The molecule has 12 heteroatoms. The fraction of sp³-hybridized carbons (Fsp3) is 0.553. The number of likely N-dealkylation sites (tertiary alicyclic amines) is 2. The molecule has 270 valence electrons. The molecule has 3 heterocycles. The lowest BCUT2D eigenvalue weighted by atomic mass is 9.87. The van der Waals surface area contributed by atoms with Crippen molar-refractivity contribution in [3.63, 3.8) is 0 Å². The summed E-state index contributed by atoms with van der Waals surface area (Å²) in [6.07, 6.45) is 7.50. The van der Waals surface area contributed by atoms with E-state index in [9.17, 15) is 14.4 Å². The lowest BCUT2D eigenvalue weighted by Gasteiger charge is -2.51. The molecule has 1 unspecified atom stereocenters. The minimum Gasteiger partial charge on any atom is -0.466 e. The molecule has 1 N–H and O–H groups in total. The summed E-state index contributed by atoms with van der Waals surface area (Å²) in [4.78, 5) is 45.1. The van der Waals surface area contributed by atoms with E-state index in [-0.39, 0.29) is 47.2 Å². The summed E-state index contributed by atoms with van der Waals surface area (Å²) in [5, 5.41) is 4.12. The van der Waals surface area contributed by atoms with Gasteiger partial charge in [0.15, 0.2) is 5.78 Å². The van der Waals surface area contributed by atoms with Gasteiger partial charge in [0.1, 0.15) is 11.8 Å². The number of esters is 1. The van der Waals surface area contributed by atoms with Gasteiger partial charge in [0, 0.05) is 49.6 Å². The Hall–Kier alpha value is -2.99. The molecule has 1 atom stereocenters. The number of nitrogens with zero attached hydrogens (tertiary/aromatic N) is 2. The van der Waals surface area contributed by atoms with Crippen molar-refractivity contribution in [3.05, 3.63) is 63.8 Å². The second kappa shape index (κ2) is 16.6. The molecule has 1 aromatic heterocycles. The largest absolute Gasteiger partial charge is 0.466 e. The lowest BCUT2D eigenvalue weighted by molar-refractivity contribution is -0.261. The number of nitrogens with one attached hydrogen (secondary N) is 1. The zero-order valence-corrected chi connectivity index (χ0v) is 30.4. The van der Waals surface area contributed by atoms with Gasteiger partial charge in [0.2, 0.25) is 5.85 Å². The quantitative estimate of drug-likeness (QED) is 0.179. The van der Waals surface area contributed by atoms with Crippen molar-refractivity contribution in [3.8, 4) is 0 Å². The Morgan fingerprint density at radius 1 is 0.880 bits per heavy atom. The van der Waals surface area contributed by atoms with Gasteiger partial charge < -0.3 is 23.9 Å². The monoisotopic (exact) mass is 727 g/mol. The normalized spacial score (nSPS) is 22.0. The van der Waals surface area contributed by atoms with Crippen LogP contribution in [-0.2, 0) is 30.2 Å². The van der Waals surface area contributed by atoms with E-state index in [0.717, 1.165) is 38.8 Å². The highest BCUT2D eigenvalue weighted by Crippen LogP contribution is 2.39. The van der Waals surface area contributed by atoms with Gasteiger partial charge in [-0.15, -0.1) is 0 Å². The predicted octanol–water partition coefficient (Wildman–Crippen LogP) is 7.49. The molecule has 3 aromatic rings. The summed E-state index contributed by atoms with van der Waals surface area (Å²) >= 11 is 13.6. The van der Waals surface area contributed by atoms with E-state index in [0.29, 0.717) is 84.8 Å². The van der Waals surface area contributed by atoms with Crippen LogP contribution in [0.15, 0.2) is 47.1 Å². The van der Waals surface area contributed by atoms with Gasteiger partial charge in [0.25, 0.3) is 5.91 Å². The van der Waals surface area contributed by atoms with Crippen LogP contribution in [0.1, 0.15) is 81.1 Å². The number of halogens is 2. The van der Waals surface area contributed by atoms with E-state index in [1.54, 1.807) is 18.2 Å². The van der Waals surface area contributed by atoms with Crippen molar-refractivity contribution in [2.75, 3.05) is 44.7 Å². The number of piperidine rings is 1. The number of Topliss-reactive ketones (excluding diaryl/α,β-unsaturated/α-hetero) is 1. The molecule has 3 aliphatic rings. The van der Waals surface area contributed by atoms with Crippen molar-refractivity contribution >= 4 is 57.5 Å². The van der Waals surface area contributed by atoms with Crippen molar-refractivity contribution < 1.29 is 33.0 Å². The summed E-state index contributed by atoms with van der Waals surface area (Å²) in [5.74, 6) is -2.11. The minimum absolute atomic E-state index is 0.0147. The number of furan rings is 1. The number of amides is 1. The van der Waals surface area contributed by atoms with Crippen molar-refractivity contribution in [1.29, 1.82) is 0 Å². The summed E-state index contributed by atoms with van der Waals surface area (Å²) < 4.78 is 23.9. The van der Waals surface area contributed by atoms with Crippen LogP contribution in [-0.4, -0.2) is 84.9 Å². The number of carbonyl (C=O) groups is 3. The maximum absolute atomic E-state index is 15.0. The molecule has 10 nitrogen and oxygen atoms in total. The van der Waals surface area contributed by atoms with Crippen LogP contribution >= 0.6 is 23.2 Å². The highest BCUT2D eigenvalue weighted by Gasteiger charge is 2.53. The van der Waals surface area contributed by atoms with Crippen molar-refractivity contribution in [2.24, 2.45) is 5.92 Å². The Bertz CT molecular complexity index is 1660. The van der Waals surface area contributed by atoms with E-state index in [1.165, 1.54) is 6.26 Å². The number of fused-ring (bicyclic) bond motifs is 1. The van der Waals surface area contributed by atoms with Crippen LogP contribution < -0.4 is 5.32 Å². The first-order valence-corrected chi connectivity index (χ1v) is 18.7. The van der Waals surface area contributed by atoms with Gasteiger partial charge in [-0.05, 0) is 89.0 Å². The van der Waals surface area contributed by atoms with Gasteiger partial charge >= 0.3 is 5.97 Å². The van der Waals surface area contributed by atoms with Crippen LogP contribution in [0.25, 0.3) is 11.0 Å². The smallest absolute Gasteiger partial charge is 0.308 e. The van der Waals surface area contributed by atoms with E-state index in [1.807, 2.05) is 32.0 Å². The molecule has 2 aromatic carbocycles. The zero-order chi connectivity index (χ0) is 35.3. The van der Waals surface area contributed by atoms with Gasteiger partial charge in [-0.1, -0.05) is 41.4 Å². The molecular formula is C38H47Cl2N3O7. The highest BCUT2D eigenvalue weighted by molar-refractivity contribution is 6.36. The Kier molecular flexibility index (Phi) is 12.2. The number of anilines is 1. The molecule has 1 amide bonds. The van der Waals surface area contributed by atoms with E-state index >= 15 is 0 Å². The van der Waals surface area contributed by atoms with Crippen molar-refractivity contribution in [2.45, 2.75) is 89.7 Å². The third-order valence-corrected chi connectivity index (χ3v) is 10.9. The molecule has 1 saturated carbocycles. The molecular weight excluding hydrogens is 681 g/mol. The minimum atomic E-state index is -1.31. The lowest BCUT2D eigenvalue weighted by Crippen LogP contribution is -2.69. The molecule has 3 fully saturated rings. The summed E-state index contributed by atoms with van der Waals surface area (Å²) in [6, 6.07) is 10.5. The van der Waals surface area contributed by atoms with E-state index in [2.05, 4.69) is 15.1 Å².